The molecule has 1 fully saturated rings. The number of hydrogen-bond acceptors (Lipinski definition) is 4. The standard InChI is InChI=1S/C15H17ClFN3S/c16-15-19-10-12(21-15)9-18-11-4-5-14(13(17)8-11)20-6-2-1-3-7-20/h4-5,8,10,18H,1-3,6-7,9H2. The van der Waals surface area contributed by atoms with Crippen LogP contribution >= 0.6 is 22.9 Å². The summed E-state index contributed by atoms with van der Waals surface area (Å²) < 4.78 is 14.8. The van der Waals surface area contributed by atoms with Crippen LogP contribution in [-0.4, -0.2) is 18.1 Å². The van der Waals surface area contributed by atoms with Crippen LogP contribution < -0.4 is 10.2 Å². The summed E-state index contributed by atoms with van der Waals surface area (Å²) in [5, 5.41) is 3.20. The molecule has 1 N–H and O–H groups in total. The number of aromatic nitrogens is 1. The van der Waals surface area contributed by atoms with Crippen molar-refractivity contribution in [2.45, 2.75) is 25.8 Å². The van der Waals surface area contributed by atoms with Crippen LogP contribution in [0.25, 0.3) is 0 Å². The molecule has 0 amide bonds. The second-order valence-electron chi connectivity index (χ2n) is 5.15. The summed E-state index contributed by atoms with van der Waals surface area (Å²) in [6.07, 6.45) is 5.27. The van der Waals surface area contributed by atoms with E-state index in [0.29, 0.717) is 16.7 Å². The van der Waals surface area contributed by atoms with Gasteiger partial charge in [0.2, 0.25) is 0 Å². The number of anilines is 2. The van der Waals surface area contributed by atoms with Crippen molar-refractivity contribution in [1.29, 1.82) is 0 Å². The number of halogens is 2. The van der Waals surface area contributed by atoms with Gasteiger partial charge in [-0.2, -0.15) is 0 Å². The van der Waals surface area contributed by atoms with Crippen molar-refractivity contribution in [2.24, 2.45) is 0 Å². The number of rotatable bonds is 4. The smallest absolute Gasteiger partial charge is 0.183 e. The van der Waals surface area contributed by atoms with E-state index in [-0.39, 0.29) is 5.82 Å². The Labute approximate surface area is 132 Å². The zero-order valence-electron chi connectivity index (χ0n) is 11.6. The molecule has 1 aromatic heterocycles. The van der Waals surface area contributed by atoms with Crippen molar-refractivity contribution < 1.29 is 4.39 Å². The first-order valence-electron chi connectivity index (χ1n) is 7.11. The Morgan fingerprint density at radius 1 is 1.29 bits per heavy atom. The molecule has 0 bridgehead atoms. The highest BCUT2D eigenvalue weighted by Crippen LogP contribution is 2.26. The fraction of sp³-hybridized carbons (Fsp3) is 0.400. The monoisotopic (exact) mass is 325 g/mol. The third kappa shape index (κ3) is 3.66. The maximum atomic E-state index is 14.3. The average Bonchev–Trinajstić information content (AvgIpc) is 2.92. The van der Waals surface area contributed by atoms with Crippen molar-refractivity contribution in [2.75, 3.05) is 23.3 Å². The van der Waals surface area contributed by atoms with Gasteiger partial charge in [-0.15, -0.1) is 11.3 Å². The second kappa shape index (κ2) is 6.62. The molecule has 0 atom stereocenters. The van der Waals surface area contributed by atoms with Gasteiger partial charge in [-0.05, 0) is 37.5 Å². The molecule has 1 saturated heterocycles. The Morgan fingerprint density at radius 3 is 2.76 bits per heavy atom. The summed E-state index contributed by atoms with van der Waals surface area (Å²) in [6.45, 7) is 2.50. The summed E-state index contributed by atoms with van der Waals surface area (Å²) in [6, 6.07) is 5.35. The normalized spacial score (nSPS) is 15.2. The van der Waals surface area contributed by atoms with Crippen LogP contribution in [0, 0.1) is 5.82 Å². The van der Waals surface area contributed by atoms with Crippen molar-refractivity contribution in [3.63, 3.8) is 0 Å². The van der Waals surface area contributed by atoms with Crippen LogP contribution in [-0.2, 0) is 6.54 Å². The van der Waals surface area contributed by atoms with E-state index in [2.05, 4.69) is 15.2 Å². The van der Waals surface area contributed by atoms with Gasteiger partial charge in [-0.25, -0.2) is 9.37 Å². The molecule has 1 aliphatic rings. The SMILES string of the molecule is Fc1cc(NCc2cnc(Cl)s2)ccc1N1CCCCC1. The Bertz CT molecular complexity index is 611. The molecular weight excluding hydrogens is 309 g/mol. The van der Waals surface area contributed by atoms with Gasteiger partial charge >= 0.3 is 0 Å². The number of nitrogens with zero attached hydrogens (tertiary/aromatic N) is 2. The fourth-order valence-corrected chi connectivity index (χ4v) is 3.48. The Hall–Kier alpha value is -1.33. The van der Waals surface area contributed by atoms with Gasteiger partial charge in [0, 0.05) is 29.9 Å². The Kier molecular flexibility index (Phi) is 4.60. The molecule has 3 rings (SSSR count). The molecule has 112 valence electrons. The number of nitrogens with one attached hydrogen (secondary N) is 1. The first kappa shape index (κ1) is 14.6. The van der Waals surface area contributed by atoms with Crippen molar-refractivity contribution in [3.8, 4) is 0 Å². The van der Waals surface area contributed by atoms with Crippen LogP contribution in [0.3, 0.4) is 0 Å². The summed E-state index contributed by atoms with van der Waals surface area (Å²) in [5.41, 5.74) is 1.49. The third-order valence-electron chi connectivity index (χ3n) is 3.64. The van der Waals surface area contributed by atoms with Crippen LogP contribution in [0.1, 0.15) is 24.1 Å². The molecule has 2 aromatic rings. The predicted octanol–water partition coefficient (Wildman–Crippen LogP) is 4.54. The molecule has 1 aliphatic heterocycles. The molecule has 3 nitrogen and oxygen atoms in total. The van der Waals surface area contributed by atoms with Gasteiger partial charge in [0.05, 0.1) is 12.2 Å². The number of benzene rings is 1. The molecule has 21 heavy (non-hydrogen) atoms. The highest BCUT2D eigenvalue weighted by Gasteiger charge is 2.14. The molecule has 0 aliphatic carbocycles. The second-order valence-corrected chi connectivity index (χ2v) is 6.84. The third-order valence-corrected chi connectivity index (χ3v) is 4.75. The van der Waals surface area contributed by atoms with Gasteiger partial charge < -0.3 is 10.2 Å². The molecule has 0 unspecified atom stereocenters. The lowest BCUT2D eigenvalue weighted by atomic mass is 10.1. The van der Waals surface area contributed by atoms with Gasteiger partial charge in [0.25, 0.3) is 0 Å². The summed E-state index contributed by atoms with van der Waals surface area (Å²) in [4.78, 5) is 7.14. The van der Waals surface area contributed by atoms with Gasteiger partial charge in [0.1, 0.15) is 5.82 Å². The van der Waals surface area contributed by atoms with Gasteiger partial charge in [-0.1, -0.05) is 11.6 Å². The number of piperidine rings is 1. The van der Waals surface area contributed by atoms with E-state index < -0.39 is 0 Å². The summed E-state index contributed by atoms with van der Waals surface area (Å²) in [7, 11) is 0. The molecule has 1 aromatic carbocycles. The van der Waals surface area contributed by atoms with Crippen molar-refractivity contribution in [1.82, 2.24) is 4.98 Å². The number of hydrogen-bond donors (Lipinski definition) is 1. The quantitative estimate of drug-likeness (QED) is 0.894. The first-order chi connectivity index (χ1) is 10.2. The lowest BCUT2D eigenvalue weighted by molar-refractivity contribution is 0.557. The number of thiazole rings is 1. The van der Waals surface area contributed by atoms with Crippen LogP contribution in [0.2, 0.25) is 4.47 Å². The maximum absolute atomic E-state index is 14.3. The van der Waals surface area contributed by atoms with E-state index in [4.69, 9.17) is 11.6 Å². The predicted molar refractivity (Wildman–Crippen MR) is 86.9 cm³/mol. The highest BCUT2D eigenvalue weighted by atomic mass is 35.5. The molecule has 6 heteroatoms. The molecule has 0 spiro atoms. The van der Waals surface area contributed by atoms with Gasteiger partial charge in [-0.3, -0.25) is 0 Å². The molecular formula is C15H17ClFN3S. The van der Waals surface area contributed by atoms with Crippen LogP contribution in [0.4, 0.5) is 15.8 Å². The zero-order chi connectivity index (χ0) is 14.7. The fourth-order valence-electron chi connectivity index (χ4n) is 2.56. The molecule has 2 heterocycles. The van der Waals surface area contributed by atoms with Crippen molar-refractivity contribution in [3.05, 3.63) is 39.6 Å². The van der Waals surface area contributed by atoms with Crippen LogP contribution in [0.15, 0.2) is 24.4 Å². The first-order valence-corrected chi connectivity index (χ1v) is 8.30. The lowest BCUT2D eigenvalue weighted by Gasteiger charge is -2.29. The molecule has 0 radical (unpaired) electrons. The average molecular weight is 326 g/mol. The molecule has 0 saturated carbocycles. The lowest BCUT2D eigenvalue weighted by Crippen LogP contribution is -2.30. The van der Waals surface area contributed by atoms with E-state index in [1.807, 2.05) is 12.1 Å². The van der Waals surface area contributed by atoms with E-state index >= 15 is 0 Å². The van der Waals surface area contributed by atoms with Crippen LogP contribution in [0.5, 0.6) is 0 Å². The Morgan fingerprint density at radius 2 is 2.10 bits per heavy atom. The minimum absolute atomic E-state index is 0.163. The van der Waals surface area contributed by atoms with Crippen molar-refractivity contribution >= 4 is 34.3 Å². The largest absolute Gasteiger partial charge is 0.380 e. The topological polar surface area (TPSA) is 28.2 Å². The summed E-state index contributed by atoms with van der Waals surface area (Å²) in [5.74, 6) is -0.163. The highest BCUT2D eigenvalue weighted by molar-refractivity contribution is 7.15. The van der Waals surface area contributed by atoms with E-state index in [1.54, 1.807) is 12.3 Å². The van der Waals surface area contributed by atoms with E-state index in [1.165, 1.54) is 17.8 Å². The summed E-state index contributed by atoms with van der Waals surface area (Å²) >= 11 is 7.22. The Balaban J connectivity index is 1.65. The van der Waals surface area contributed by atoms with E-state index in [9.17, 15) is 4.39 Å². The maximum Gasteiger partial charge on any atom is 0.183 e. The zero-order valence-corrected chi connectivity index (χ0v) is 13.2. The minimum Gasteiger partial charge on any atom is -0.380 e. The minimum atomic E-state index is -0.163. The van der Waals surface area contributed by atoms with Gasteiger partial charge in [0.15, 0.2) is 4.47 Å². The van der Waals surface area contributed by atoms with E-state index in [0.717, 1.165) is 36.5 Å².